The molecule has 116 valence electrons. The summed E-state index contributed by atoms with van der Waals surface area (Å²) in [6, 6.07) is 28.7. The Balaban J connectivity index is 1.86. The summed E-state index contributed by atoms with van der Waals surface area (Å²) in [4.78, 5) is 4.82. The standard InChI is InChI=1S/C21H15BrN2/c22-16-9-6-10-17(13-16)23-21-14-20(15-7-2-1-3-8-15)24-19-12-5-4-11-18(19)21/h1-14H,(H,23,24). The summed E-state index contributed by atoms with van der Waals surface area (Å²) in [6.07, 6.45) is 0. The van der Waals surface area contributed by atoms with E-state index in [0.717, 1.165) is 38.0 Å². The zero-order chi connectivity index (χ0) is 16.4. The van der Waals surface area contributed by atoms with Crippen molar-refractivity contribution in [2.75, 3.05) is 5.32 Å². The fraction of sp³-hybridized carbons (Fsp3) is 0. The van der Waals surface area contributed by atoms with Gasteiger partial charge in [-0.25, -0.2) is 4.98 Å². The van der Waals surface area contributed by atoms with Gasteiger partial charge in [0.25, 0.3) is 0 Å². The lowest BCUT2D eigenvalue weighted by Crippen LogP contribution is -1.95. The van der Waals surface area contributed by atoms with Crippen molar-refractivity contribution in [1.82, 2.24) is 4.98 Å². The van der Waals surface area contributed by atoms with Crippen molar-refractivity contribution < 1.29 is 0 Å². The van der Waals surface area contributed by atoms with Crippen molar-refractivity contribution in [2.24, 2.45) is 0 Å². The summed E-state index contributed by atoms with van der Waals surface area (Å²) in [5.41, 5.74) is 5.15. The average molecular weight is 375 g/mol. The minimum absolute atomic E-state index is 0.965. The van der Waals surface area contributed by atoms with Crippen LogP contribution in [0.5, 0.6) is 0 Å². The maximum Gasteiger partial charge on any atom is 0.0730 e. The van der Waals surface area contributed by atoms with Crippen molar-refractivity contribution in [1.29, 1.82) is 0 Å². The van der Waals surface area contributed by atoms with Crippen LogP contribution in [0, 0.1) is 0 Å². The molecule has 0 amide bonds. The van der Waals surface area contributed by atoms with E-state index < -0.39 is 0 Å². The zero-order valence-corrected chi connectivity index (χ0v) is 14.5. The van der Waals surface area contributed by atoms with Crippen LogP contribution in [0.4, 0.5) is 11.4 Å². The Bertz CT molecular complexity index is 997. The monoisotopic (exact) mass is 374 g/mol. The van der Waals surface area contributed by atoms with E-state index in [0.29, 0.717) is 0 Å². The van der Waals surface area contributed by atoms with E-state index in [1.54, 1.807) is 0 Å². The van der Waals surface area contributed by atoms with Gasteiger partial charge in [-0.1, -0.05) is 70.5 Å². The topological polar surface area (TPSA) is 24.9 Å². The van der Waals surface area contributed by atoms with Crippen LogP contribution in [-0.4, -0.2) is 4.98 Å². The number of halogens is 1. The Kier molecular flexibility index (Phi) is 4.01. The zero-order valence-electron chi connectivity index (χ0n) is 12.9. The Morgan fingerprint density at radius 1 is 0.750 bits per heavy atom. The first-order chi connectivity index (χ1) is 11.8. The van der Waals surface area contributed by atoms with Gasteiger partial charge in [0.05, 0.1) is 16.9 Å². The second-order valence-electron chi connectivity index (χ2n) is 5.57. The fourth-order valence-corrected chi connectivity index (χ4v) is 3.16. The van der Waals surface area contributed by atoms with Crippen molar-refractivity contribution >= 4 is 38.2 Å². The molecule has 0 fully saturated rings. The van der Waals surface area contributed by atoms with Crippen LogP contribution in [-0.2, 0) is 0 Å². The molecule has 2 nitrogen and oxygen atoms in total. The van der Waals surface area contributed by atoms with Gasteiger partial charge in [0, 0.05) is 21.1 Å². The molecule has 1 aromatic heterocycles. The third kappa shape index (κ3) is 3.03. The average Bonchev–Trinajstić information content (AvgIpc) is 2.62. The van der Waals surface area contributed by atoms with Crippen molar-refractivity contribution in [3.63, 3.8) is 0 Å². The van der Waals surface area contributed by atoms with Gasteiger partial charge in [0.15, 0.2) is 0 Å². The maximum atomic E-state index is 4.82. The second kappa shape index (κ2) is 6.46. The number of hydrogen-bond donors (Lipinski definition) is 1. The molecule has 0 radical (unpaired) electrons. The van der Waals surface area contributed by atoms with Crippen LogP contribution in [0.2, 0.25) is 0 Å². The SMILES string of the molecule is Brc1cccc(Nc2cc(-c3ccccc3)nc3ccccc23)c1. The minimum Gasteiger partial charge on any atom is -0.355 e. The summed E-state index contributed by atoms with van der Waals surface area (Å²) < 4.78 is 1.05. The van der Waals surface area contributed by atoms with Gasteiger partial charge in [0.2, 0.25) is 0 Å². The normalized spacial score (nSPS) is 10.7. The number of nitrogens with one attached hydrogen (secondary N) is 1. The molecule has 0 spiro atoms. The molecule has 4 aromatic rings. The Morgan fingerprint density at radius 3 is 2.38 bits per heavy atom. The highest BCUT2D eigenvalue weighted by molar-refractivity contribution is 9.10. The van der Waals surface area contributed by atoms with Crippen molar-refractivity contribution in [2.45, 2.75) is 0 Å². The number of nitrogens with zero attached hydrogens (tertiary/aromatic N) is 1. The molecule has 3 aromatic carbocycles. The minimum atomic E-state index is 0.965. The summed E-state index contributed by atoms with van der Waals surface area (Å²) >= 11 is 3.52. The molecule has 0 bridgehead atoms. The molecule has 0 unspecified atom stereocenters. The highest BCUT2D eigenvalue weighted by atomic mass is 79.9. The first kappa shape index (κ1) is 14.9. The van der Waals surface area contributed by atoms with Crippen molar-refractivity contribution in [3.05, 3.63) is 89.4 Å². The molecular formula is C21H15BrN2. The molecule has 3 heteroatoms. The number of fused-ring (bicyclic) bond motifs is 1. The maximum absolute atomic E-state index is 4.82. The van der Waals surface area contributed by atoms with Crippen LogP contribution >= 0.6 is 15.9 Å². The molecule has 0 aliphatic rings. The van der Waals surface area contributed by atoms with Crippen LogP contribution < -0.4 is 5.32 Å². The fourth-order valence-electron chi connectivity index (χ4n) is 2.76. The van der Waals surface area contributed by atoms with Crippen LogP contribution in [0.25, 0.3) is 22.2 Å². The number of aromatic nitrogens is 1. The van der Waals surface area contributed by atoms with Gasteiger partial charge in [-0.15, -0.1) is 0 Å². The first-order valence-electron chi connectivity index (χ1n) is 7.77. The van der Waals surface area contributed by atoms with Gasteiger partial charge < -0.3 is 5.32 Å². The largest absolute Gasteiger partial charge is 0.355 e. The predicted octanol–water partition coefficient (Wildman–Crippen LogP) is 6.41. The number of pyridine rings is 1. The lowest BCUT2D eigenvalue weighted by Gasteiger charge is -2.12. The Hall–Kier alpha value is -2.65. The molecule has 24 heavy (non-hydrogen) atoms. The van der Waals surface area contributed by atoms with Crippen LogP contribution in [0.3, 0.4) is 0 Å². The molecule has 0 aliphatic heterocycles. The lowest BCUT2D eigenvalue weighted by atomic mass is 10.1. The van der Waals surface area contributed by atoms with E-state index in [1.165, 1.54) is 0 Å². The van der Waals surface area contributed by atoms with Gasteiger partial charge >= 0.3 is 0 Å². The molecule has 0 saturated heterocycles. The highest BCUT2D eigenvalue weighted by Gasteiger charge is 2.07. The Labute approximate surface area is 149 Å². The number of para-hydroxylation sites is 1. The van der Waals surface area contributed by atoms with E-state index in [-0.39, 0.29) is 0 Å². The van der Waals surface area contributed by atoms with Gasteiger partial charge in [-0.2, -0.15) is 0 Å². The summed E-state index contributed by atoms with van der Waals surface area (Å²) in [5, 5.41) is 4.64. The smallest absolute Gasteiger partial charge is 0.0730 e. The summed E-state index contributed by atoms with van der Waals surface area (Å²) in [7, 11) is 0. The quantitative estimate of drug-likeness (QED) is 0.448. The molecule has 4 rings (SSSR count). The third-order valence-corrected chi connectivity index (χ3v) is 4.38. The Morgan fingerprint density at radius 2 is 1.54 bits per heavy atom. The van der Waals surface area contributed by atoms with E-state index in [4.69, 9.17) is 4.98 Å². The van der Waals surface area contributed by atoms with Gasteiger partial charge in [0.1, 0.15) is 0 Å². The lowest BCUT2D eigenvalue weighted by molar-refractivity contribution is 1.39. The predicted molar refractivity (Wildman–Crippen MR) is 105 cm³/mol. The second-order valence-corrected chi connectivity index (χ2v) is 6.49. The molecule has 0 saturated carbocycles. The summed E-state index contributed by atoms with van der Waals surface area (Å²) in [6.45, 7) is 0. The molecule has 1 N–H and O–H groups in total. The highest BCUT2D eigenvalue weighted by Crippen LogP contribution is 2.31. The van der Waals surface area contributed by atoms with Crippen LogP contribution in [0.1, 0.15) is 0 Å². The van der Waals surface area contributed by atoms with Gasteiger partial charge in [-0.3, -0.25) is 0 Å². The van der Waals surface area contributed by atoms with E-state index in [9.17, 15) is 0 Å². The number of benzene rings is 3. The number of anilines is 2. The van der Waals surface area contributed by atoms with E-state index in [1.807, 2.05) is 48.5 Å². The molecule has 0 aliphatic carbocycles. The molecular weight excluding hydrogens is 360 g/mol. The molecule has 0 atom stereocenters. The summed E-state index contributed by atoms with van der Waals surface area (Å²) in [5.74, 6) is 0. The number of rotatable bonds is 3. The first-order valence-corrected chi connectivity index (χ1v) is 8.57. The van der Waals surface area contributed by atoms with Crippen molar-refractivity contribution in [3.8, 4) is 11.3 Å². The third-order valence-electron chi connectivity index (χ3n) is 3.89. The number of hydrogen-bond acceptors (Lipinski definition) is 2. The van der Waals surface area contributed by atoms with E-state index in [2.05, 4.69) is 57.6 Å². The van der Waals surface area contributed by atoms with Gasteiger partial charge in [-0.05, 0) is 30.3 Å². The molecule has 1 heterocycles. The van der Waals surface area contributed by atoms with Crippen LogP contribution in [0.15, 0.2) is 89.4 Å². The van der Waals surface area contributed by atoms with E-state index >= 15 is 0 Å².